The lowest BCUT2D eigenvalue weighted by Gasteiger charge is -2.18. The summed E-state index contributed by atoms with van der Waals surface area (Å²) in [4.78, 5) is 23.9. The van der Waals surface area contributed by atoms with Crippen molar-refractivity contribution in [2.75, 3.05) is 0 Å². The van der Waals surface area contributed by atoms with E-state index in [1.807, 2.05) is 36.4 Å². The van der Waals surface area contributed by atoms with E-state index in [0.29, 0.717) is 22.3 Å². The Morgan fingerprint density at radius 2 is 1.21 bits per heavy atom. The van der Waals surface area contributed by atoms with E-state index in [1.54, 1.807) is 30.4 Å². The van der Waals surface area contributed by atoms with Crippen molar-refractivity contribution in [2.24, 2.45) is 0 Å². The van der Waals surface area contributed by atoms with E-state index in [2.05, 4.69) is 13.2 Å². The predicted molar refractivity (Wildman–Crippen MR) is 111 cm³/mol. The molecule has 0 bridgehead atoms. The van der Waals surface area contributed by atoms with Crippen LogP contribution in [0.4, 0.5) is 0 Å². The summed E-state index contributed by atoms with van der Waals surface area (Å²) in [6, 6.07) is 17.6. The van der Waals surface area contributed by atoms with Crippen molar-refractivity contribution < 1.29 is 19.8 Å². The van der Waals surface area contributed by atoms with Gasteiger partial charge in [-0.05, 0) is 33.9 Å². The van der Waals surface area contributed by atoms with Crippen molar-refractivity contribution in [3.63, 3.8) is 0 Å². The van der Waals surface area contributed by atoms with Crippen LogP contribution in [0.5, 0.6) is 0 Å². The average molecular weight is 370 g/mol. The zero-order valence-electron chi connectivity index (χ0n) is 15.1. The summed E-state index contributed by atoms with van der Waals surface area (Å²) >= 11 is 0. The highest BCUT2D eigenvalue weighted by atomic mass is 16.4. The van der Waals surface area contributed by atoms with Crippen LogP contribution in [0.25, 0.3) is 34.4 Å². The van der Waals surface area contributed by atoms with Crippen LogP contribution >= 0.6 is 0 Å². The van der Waals surface area contributed by atoms with Gasteiger partial charge in [-0.25, -0.2) is 9.59 Å². The fourth-order valence-corrected chi connectivity index (χ4v) is 3.33. The first-order valence-corrected chi connectivity index (χ1v) is 8.56. The normalized spacial score (nSPS) is 10.3. The maximum Gasteiger partial charge on any atom is 0.337 e. The fourth-order valence-electron chi connectivity index (χ4n) is 3.33. The quantitative estimate of drug-likeness (QED) is 0.583. The SMILES string of the molecule is C=Cc1ccccc1-c1ccc(C(=O)O)c(C(=O)O)c1-c1ccccc1C=C. The van der Waals surface area contributed by atoms with E-state index < -0.39 is 11.9 Å². The van der Waals surface area contributed by atoms with E-state index in [1.165, 1.54) is 6.07 Å². The molecule has 4 nitrogen and oxygen atoms in total. The molecule has 0 saturated heterocycles. The topological polar surface area (TPSA) is 74.6 Å². The third-order valence-electron chi connectivity index (χ3n) is 4.57. The molecule has 0 saturated carbocycles. The minimum Gasteiger partial charge on any atom is -0.478 e. The maximum atomic E-state index is 12.1. The molecule has 2 N–H and O–H groups in total. The highest BCUT2D eigenvalue weighted by Gasteiger charge is 2.26. The van der Waals surface area contributed by atoms with E-state index >= 15 is 0 Å². The minimum absolute atomic E-state index is 0.252. The van der Waals surface area contributed by atoms with Gasteiger partial charge in [-0.3, -0.25) is 0 Å². The van der Waals surface area contributed by atoms with Crippen LogP contribution in [0, 0.1) is 0 Å². The molecule has 0 spiro atoms. The highest BCUT2D eigenvalue weighted by molar-refractivity contribution is 6.10. The summed E-state index contributed by atoms with van der Waals surface area (Å²) in [7, 11) is 0. The van der Waals surface area contributed by atoms with Gasteiger partial charge in [0.2, 0.25) is 0 Å². The van der Waals surface area contributed by atoms with Crippen molar-refractivity contribution in [2.45, 2.75) is 0 Å². The van der Waals surface area contributed by atoms with Gasteiger partial charge in [0, 0.05) is 5.56 Å². The Morgan fingerprint density at radius 1 is 0.679 bits per heavy atom. The largest absolute Gasteiger partial charge is 0.478 e. The number of hydrogen-bond donors (Lipinski definition) is 2. The van der Waals surface area contributed by atoms with Crippen molar-refractivity contribution in [3.05, 3.63) is 96.1 Å². The van der Waals surface area contributed by atoms with E-state index in [-0.39, 0.29) is 11.1 Å². The Balaban J connectivity index is 2.53. The summed E-state index contributed by atoms with van der Waals surface area (Å²) in [6.07, 6.45) is 3.31. The Morgan fingerprint density at radius 3 is 1.75 bits per heavy atom. The lowest BCUT2D eigenvalue weighted by molar-refractivity contribution is 0.0652. The van der Waals surface area contributed by atoms with Crippen LogP contribution in [0.2, 0.25) is 0 Å². The Hall–Kier alpha value is -3.92. The summed E-state index contributed by atoms with van der Waals surface area (Å²) in [5.74, 6) is -2.59. The molecule has 0 aliphatic carbocycles. The van der Waals surface area contributed by atoms with E-state index in [4.69, 9.17) is 0 Å². The van der Waals surface area contributed by atoms with Gasteiger partial charge in [-0.2, -0.15) is 0 Å². The first-order chi connectivity index (χ1) is 13.5. The number of carbonyl (C=O) groups is 2. The van der Waals surface area contributed by atoms with Crippen molar-refractivity contribution in [1.29, 1.82) is 0 Å². The van der Waals surface area contributed by atoms with Crippen LogP contribution in [-0.2, 0) is 0 Å². The molecule has 138 valence electrons. The molecule has 0 aromatic heterocycles. The predicted octanol–water partition coefficient (Wildman–Crippen LogP) is 5.70. The zero-order valence-corrected chi connectivity index (χ0v) is 15.1. The first kappa shape index (κ1) is 18.9. The Labute approximate surface area is 162 Å². The summed E-state index contributed by atoms with van der Waals surface area (Å²) in [5.41, 5.74) is 3.35. The van der Waals surface area contributed by atoms with E-state index in [0.717, 1.165) is 11.1 Å². The van der Waals surface area contributed by atoms with Crippen LogP contribution in [-0.4, -0.2) is 22.2 Å². The molecule has 4 heteroatoms. The molecule has 0 aliphatic heterocycles. The molecule has 28 heavy (non-hydrogen) atoms. The molecule has 0 heterocycles. The second-order valence-corrected chi connectivity index (χ2v) is 6.10. The summed E-state index contributed by atoms with van der Waals surface area (Å²) < 4.78 is 0. The van der Waals surface area contributed by atoms with Crippen LogP contribution in [0.3, 0.4) is 0 Å². The van der Waals surface area contributed by atoms with Crippen LogP contribution in [0.1, 0.15) is 31.8 Å². The molecule has 0 fully saturated rings. The lowest BCUT2D eigenvalue weighted by atomic mass is 9.84. The monoisotopic (exact) mass is 370 g/mol. The first-order valence-electron chi connectivity index (χ1n) is 8.56. The highest BCUT2D eigenvalue weighted by Crippen LogP contribution is 2.40. The van der Waals surface area contributed by atoms with Gasteiger partial charge in [0.15, 0.2) is 0 Å². The van der Waals surface area contributed by atoms with Crippen molar-refractivity contribution >= 4 is 24.1 Å². The molecular weight excluding hydrogens is 352 g/mol. The van der Waals surface area contributed by atoms with Gasteiger partial charge in [-0.15, -0.1) is 0 Å². The molecule has 0 radical (unpaired) electrons. The molecule has 3 aromatic carbocycles. The second-order valence-electron chi connectivity index (χ2n) is 6.10. The van der Waals surface area contributed by atoms with Gasteiger partial charge in [-0.1, -0.05) is 79.9 Å². The Kier molecular flexibility index (Phi) is 5.23. The zero-order chi connectivity index (χ0) is 20.3. The number of benzene rings is 3. The van der Waals surface area contributed by atoms with Gasteiger partial charge in [0.25, 0.3) is 0 Å². The number of carboxylic acids is 2. The molecule has 0 aliphatic rings. The second kappa shape index (κ2) is 7.76. The minimum atomic E-state index is -1.30. The summed E-state index contributed by atoms with van der Waals surface area (Å²) in [6.45, 7) is 7.64. The fraction of sp³-hybridized carbons (Fsp3) is 0. The van der Waals surface area contributed by atoms with Crippen molar-refractivity contribution in [1.82, 2.24) is 0 Å². The molecule has 3 aromatic rings. The maximum absolute atomic E-state index is 12.1. The van der Waals surface area contributed by atoms with Crippen LogP contribution in [0.15, 0.2) is 73.8 Å². The number of aromatic carboxylic acids is 2. The molecule has 0 atom stereocenters. The van der Waals surface area contributed by atoms with Crippen LogP contribution < -0.4 is 0 Å². The van der Waals surface area contributed by atoms with Gasteiger partial charge in [0.05, 0.1) is 11.1 Å². The smallest absolute Gasteiger partial charge is 0.337 e. The third-order valence-corrected chi connectivity index (χ3v) is 4.57. The molecular formula is C24H18O4. The standard InChI is InChI=1S/C24H18O4/c1-3-15-9-5-7-11-17(15)19-13-14-20(23(25)26)22(24(27)28)21(19)18-12-8-6-10-16(18)4-2/h3-14H,1-2H2,(H,25,26)(H,27,28). The summed E-state index contributed by atoms with van der Waals surface area (Å²) in [5, 5.41) is 19.5. The number of carboxylic acid groups (broad SMARTS) is 2. The van der Waals surface area contributed by atoms with Gasteiger partial charge < -0.3 is 10.2 Å². The molecule has 3 rings (SSSR count). The van der Waals surface area contributed by atoms with E-state index in [9.17, 15) is 19.8 Å². The van der Waals surface area contributed by atoms with Crippen molar-refractivity contribution in [3.8, 4) is 22.3 Å². The Bertz CT molecular complexity index is 1110. The molecule has 0 unspecified atom stereocenters. The lowest BCUT2D eigenvalue weighted by Crippen LogP contribution is -2.11. The number of hydrogen-bond acceptors (Lipinski definition) is 2. The number of rotatable bonds is 6. The third kappa shape index (κ3) is 3.23. The van der Waals surface area contributed by atoms with Gasteiger partial charge in [0.1, 0.15) is 0 Å². The molecule has 0 amide bonds. The average Bonchev–Trinajstić information content (AvgIpc) is 2.72. The van der Waals surface area contributed by atoms with Gasteiger partial charge >= 0.3 is 11.9 Å².